The maximum atomic E-state index is 13.1. The van der Waals surface area contributed by atoms with Crippen molar-refractivity contribution in [2.45, 2.75) is 32.3 Å². The van der Waals surface area contributed by atoms with Gasteiger partial charge in [0.1, 0.15) is 0 Å². The summed E-state index contributed by atoms with van der Waals surface area (Å²) in [5.41, 5.74) is 0.800. The number of nitrogens with zero attached hydrogens (tertiary/aromatic N) is 2. The summed E-state index contributed by atoms with van der Waals surface area (Å²) in [6.07, 6.45) is 3.14. The van der Waals surface area contributed by atoms with Crippen molar-refractivity contribution in [1.29, 1.82) is 0 Å². The van der Waals surface area contributed by atoms with Gasteiger partial charge < -0.3 is 15.1 Å². The highest BCUT2D eigenvalue weighted by molar-refractivity contribution is 6.06. The zero-order valence-corrected chi connectivity index (χ0v) is 14.0. The molecular weight excluding hydrogens is 304 g/mol. The highest BCUT2D eigenvalue weighted by Crippen LogP contribution is 2.35. The molecule has 1 amide bonds. The molecule has 1 aromatic carbocycles. The number of amides is 1. The molecule has 2 aromatic rings. The molecule has 1 aromatic heterocycles. The van der Waals surface area contributed by atoms with Crippen LogP contribution in [0.3, 0.4) is 0 Å². The second-order valence-electron chi connectivity index (χ2n) is 6.68. The minimum atomic E-state index is -0.620. The van der Waals surface area contributed by atoms with E-state index in [2.05, 4.69) is 4.98 Å². The van der Waals surface area contributed by atoms with Gasteiger partial charge >= 0.3 is 0 Å². The van der Waals surface area contributed by atoms with Crippen LogP contribution in [0.25, 0.3) is 10.9 Å². The van der Waals surface area contributed by atoms with Crippen LogP contribution < -0.4 is 0 Å². The molecule has 0 aliphatic carbocycles. The number of piperidine rings is 1. The number of aliphatic hydroxyl groups is 2. The van der Waals surface area contributed by atoms with Crippen molar-refractivity contribution in [1.82, 2.24) is 9.88 Å². The smallest absolute Gasteiger partial charge is 0.254 e. The van der Waals surface area contributed by atoms with E-state index in [0.717, 1.165) is 17.3 Å². The summed E-state index contributed by atoms with van der Waals surface area (Å²) >= 11 is 0. The molecule has 0 unspecified atom stereocenters. The normalized spacial score (nSPS) is 24.3. The lowest BCUT2D eigenvalue weighted by Gasteiger charge is -2.45. The maximum absolute atomic E-state index is 13.1. The van der Waals surface area contributed by atoms with Gasteiger partial charge in [-0.2, -0.15) is 0 Å². The lowest BCUT2D eigenvalue weighted by molar-refractivity contribution is -0.0719. The van der Waals surface area contributed by atoms with Crippen LogP contribution in [0.5, 0.6) is 0 Å². The maximum Gasteiger partial charge on any atom is 0.254 e. The fraction of sp³-hybridized carbons (Fsp3) is 0.474. The average molecular weight is 328 g/mol. The lowest BCUT2D eigenvalue weighted by Crippen LogP contribution is -2.55. The van der Waals surface area contributed by atoms with Crippen LogP contribution in [0, 0.1) is 5.41 Å². The Balaban J connectivity index is 1.92. The van der Waals surface area contributed by atoms with Crippen molar-refractivity contribution in [2.24, 2.45) is 5.41 Å². The monoisotopic (exact) mass is 328 g/mol. The minimum Gasteiger partial charge on any atom is -0.396 e. The Bertz CT molecular complexity index is 728. The second kappa shape index (κ2) is 6.87. The number of pyridine rings is 1. The molecule has 0 bridgehead atoms. The van der Waals surface area contributed by atoms with Gasteiger partial charge in [-0.25, -0.2) is 0 Å². The number of rotatable bonds is 4. The van der Waals surface area contributed by atoms with Crippen LogP contribution in [0.1, 0.15) is 36.5 Å². The molecular formula is C19H24N2O3. The first-order valence-corrected chi connectivity index (χ1v) is 8.53. The minimum absolute atomic E-state index is 0.0607. The third-order valence-corrected chi connectivity index (χ3v) is 5.11. The number of aromatic nitrogens is 1. The molecule has 5 heteroatoms. The Morgan fingerprint density at radius 1 is 1.38 bits per heavy atom. The zero-order valence-electron chi connectivity index (χ0n) is 14.0. The van der Waals surface area contributed by atoms with Crippen LogP contribution in [0.4, 0.5) is 0 Å². The van der Waals surface area contributed by atoms with Crippen molar-refractivity contribution in [3.05, 3.63) is 42.1 Å². The summed E-state index contributed by atoms with van der Waals surface area (Å²) in [6.45, 7) is 2.81. The molecule has 0 spiro atoms. The van der Waals surface area contributed by atoms with E-state index in [0.29, 0.717) is 31.5 Å². The number of fused-ring (bicyclic) bond motifs is 1. The molecule has 128 valence electrons. The molecule has 1 fully saturated rings. The van der Waals surface area contributed by atoms with E-state index in [4.69, 9.17) is 0 Å². The number of para-hydroxylation sites is 1. The van der Waals surface area contributed by atoms with E-state index >= 15 is 0 Å². The van der Waals surface area contributed by atoms with Gasteiger partial charge in [0.15, 0.2) is 0 Å². The Morgan fingerprint density at radius 3 is 2.92 bits per heavy atom. The number of carbonyl (C=O) groups excluding carboxylic acids is 1. The van der Waals surface area contributed by atoms with Crippen LogP contribution >= 0.6 is 0 Å². The Morgan fingerprint density at radius 2 is 2.17 bits per heavy atom. The van der Waals surface area contributed by atoms with Crippen molar-refractivity contribution >= 4 is 16.8 Å². The fourth-order valence-corrected chi connectivity index (χ4v) is 3.75. The number of benzene rings is 1. The van der Waals surface area contributed by atoms with Crippen molar-refractivity contribution in [3.8, 4) is 0 Å². The van der Waals surface area contributed by atoms with Gasteiger partial charge in [0.25, 0.3) is 5.91 Å². The van der Waals surface area contributed by atoms with Crippen LogP contribution in [0.15, 0.2) is 36.5 Å². The van der Waals surface area contributed by atoms with Gasteiger partial charge in [-0.3, -0.25) is 9.78 Å². The highest BCUT2D eigenvalue weighted by atomic mass is 16.3. The number of aliphatic hydroxyl groups excluding tert-OH is 2. The molecule has 1 aliphatic heterocycles. The highest BCUT2D eigenvalue weighted by Gasteiger charge is 2.43. The van der Waals surface area contributed by atoms with Crippen molar-refractivity contribution < 1.29 is 15.0 Å². The van der Waals surface area contributed by atoms with Gasteiger partial charge in [0.05, 0.1) is 23.8 Å². The van der Waals surface area contributed by atoms with E-state index in [1.165, 1.54) is 0 Å². The number of carbonyl (C=O) groups is 1. The number of likely N-dealkylation sites (tertiary alicyclic amines) is 1. The first kappa shape index (κ1) is 16.9. The lowest BCUT2D eigenvalue weighted by atomic mass is 9.74. The van der Waals surface area contributed by atoms with Crippen LogP contribution in [-0.4, -0.2) is 51.8 Å². The molecule has 0 radical (unpaired) electrons. The second-order valence-corrected chi connectivity index (χ2v) is 6.68. The Kier molecular flexibility index (Phi) is 4.83. The summed E-state index contributed by atoms with van der Waals surface area (Å²) in [5.74, 6) is -0.0607. The molecule has 2 heterocycles. The summed E-state index contributed by atoms with van der Waals surface area (Å²) in [4.78, 5) is 19.1. The van der Waals surface area contributed by atoms with E-state index in [-0.39, 0.29) is 12.5 Å². The molecule has 3 rings (SSSR count). The first-order chi connectivity index (χ1) is 11.6. The van der Waals surface area contributed by atoms with E-state index in [1.807, 2.05) is 31.2 Å². The predicted octanol–water partition coefficient (Wildman–Crippen LogP) is 2.22. The third-order valence-electron chi connectivity index (χ3n) is 5.11. The molecule has 2 atom stereocenters. The number of hydrogen-bond acceptors (Lipinski definition) is 4. The molecule has 0 saturated carbocycles. The van der Waals surface area contributed by atoms with E-state index < -0.39 is 11.5 Å². The summed E-state index contributed by atoms with van der Waals surface area (Å²) in [7, 11) is 0. The van der Waals surface area contributed by atoms with Gasteiger partial charge in [-0.05, 0) is 25.0 Å². The topological polar surface area (TPSA) is 73.7 Å². The van der Waals surface area contributed by atoms with Crippen LogP contribution in [-0.2, 0) is 0 Å². The molecule has 1 aliphatic rings. The van der Waals surface area contributed by atoms with Gasteiger partial charge in [0.2, 0.25) is 0 Å². The van der Waals surface area contributed by atoms with Gasteiger partial charge in [-0.1, -0.05) is 31.5 Å². The number of hydrogen-bond donors (Lipinski definition) is 2. The van der Waals surface area contributed by atoms with Crippen LogP contribution in [0.2, 0.25) is 0 Å². The molecule has 5 nitrogen and oxygen atoms in total. The Labute approximate surface area is 141 Å². The molecule has 1 saturated heterocycles. The first-order valence-electron chi connectivity index (χ1n) is 8.53. The molecule has 24 heavy (non-hydrogen) atoms. The van der Waals surface area contributed by atoms with Gasteiger partial charge in [0, 0.05) is 30.1 Å². The molecule has 2 N–H and O–H groups in total. The SMILES string of the molecule is CCC[C@@]1(CO)CN(C(=O)c2ccnc3ccccc23)CC[C@@H]1O. The zero-order chi connectivity index (χ0) is 17.2. The fourth-order valence-electron chi connectivity index (χ4n) is 3.75. The van der Waals surface area contributed by atoms with E-state index in [9.17, 15) is 15.0 Å². The Hall–Kier alpha value is -1.98. The standard InChI is InChI=1S/C19H24N2O3/c1-2-9-19(13-22)12-21(11-8-17(19)23)18(24)15-7-10-20-16-6-4-3-5-14(15)16/h3-7,10,17,22-23H,2,8-9,11-13H2,1H3/t17-,19-/m0/s1. The predicted molar refractivity (Wildman–Crippen MR) is 92.7 cm³/mol. The summed E-state index contributed by atoms with van der Waals surface area (Å²) in [6, 6.07) is 9.34. The summed E-state index contributed by atoms with van der Waals surface area (Å²) < 4.78 is 0. The van der Waals surface area contributed by atoms with Crippen molar-refractivity contribution in [3.63, 3.8) is 0 Å². The quantitative estimate of drug-likeness (QED) is 0.902. The summed E-state index contributed by atoms with van der Waals surface area (Å²) in [5, 5.41) is 21.1. The van der Waals surface area contributed by atoms with E-state index in [1.54, 1.807) is 17.2 Å². The van der Waals surface area contributed by atoms with Gasteiger partial charge in [-0.15, -0.1) is 0 Å². The third kappa shape index (κ3) is 2.89. The average Bonchev–Trinajstić information content (AvgIpc) is 2.62. The van der Waals surface area contributed by atoms with Crippen molar-refractivity contribution in [2.75, 3.05) is 19.7 Å². The largest absolute Gasteiger partial charge is 0.396 e.